The number of aromatic nitrogens is 3. The molecule has 1 aromatic carbocycles. The number of aryl methyl sites for hydroxylation is 3. The largest absolute Gasteiger partial charge is 0.318 e. The lowest BCUT2D eigenvalue weighted by atomic mass is 10.1. The van der Waals surface area contributed by atoms with E-state index in [0.29, 0.717) is 0 Å². The van der Waals surface area contributed by atoms with E-state index < -0.39 is 15.7 Å². The molecule has 2 heterocycles. The van der Waals surface area contributed by atoms with Crippen LogP contribution in [0.1, 0.15) is 28.1 Å². The molecule has 0 radical (unpaired) electrons. The van der Waals surface area contributed by atoms with Gasteiger partial charge in [0, 0.05) is 34.9 Å². The molecule has 3 rings (SSSR count). The van der Waals surface area contributed by atoms with Crippen LogP contribution in [0, 0.1) is 39.0 Å². The summed E-state index contributed by atoms with van der Waals surface area (Å²) in [5, 5.41) is 11.6. The van der Waals surface area contributed by atoms with Gasteiger partial charge in [-0.15, -0.1) is 0 Å². The second kappa shape index (κ2) is 8.45. The average Bonchev–Trinajstić information content (AvgIpc) is 3.25. The van der Waals surface area contributed by atoms with Crippen LogP contribution in [0.2, 0.25) is 0 Å². The molecule has 0 bridgehead atoms. The van der Waals surface area contributed by atoms with E-state index in [0.717, 1.165) is 46.0 Å². The van der Waals surface area contributed by atoms with E-state index in [2.05, 4.69) is 25.3 Å². The Kier molecular flexibility index (Phi) is 6.10. The molecule has 0 atom stereocenters. The van der Waals surface area contributed by atoms with Gasteiger partial charge in [-0.25, -0.2) is 8.42 Å². The van der Waals surface area contributed by atoms with Crippen LogP contribution in [0.4, 0.5) is 5.13 Å². The van der Waals surface area contributed by atoms with Gasteiger partial charge in [-0.1, -0.05) is 17.7 Å². The molecule has 8 nitrogen and oxygen atoms in total. The van der Waals surface area contributed by atoms with Crippen LogP contribution in [-0.2, 0) is 14.6 Å². The molecule has 1 amide bonds. The van der Waals surface area contributed by atoms with Gasteiger partial charge in [-0.3, -0.25) is 10.1 Å². The van der Waals surface area contributed by atoms with E-state index >= 15 is 0 Å². The Balaban J connectivity index is 1.93. The molecule has 0 aliphatic heterocycles. The summed E-state index contributed by atoms with van der Waals surface area (Å²) in [6, 6.07) is 10.00. The maximum Gasteiger partial charge on any atom is 0.268 e. The van der Waals surface area contributed by atoms with Crippen molar-refractivity contribution in [2.75, 3.05) is 11.6 Å². The second-order valence-corrected chi connectivity index (χ2v) is 9.89. The number of benzene rings is 1. The van der Waals surface area contributed by atoms with Crippen molar-refractivity contribution in [3.8, 4) is 11.8 Å². The van der Waals surface area contributed by atoms with E-state index in [9.17, 15) is 18.5 Å². The molecular weight excluding hydrogens is 434 g/mol. The minimum atomic E-state index is -3.58. The van der Waals surface area contributed by atoms with E-state index in [1.807, 2.05) is 52.0 Å². The zero-order chi connectivity index (χ0) is 22.9. The smallest absolute Gasteiger partial charge is 0.268 e. The first-order valence-electron chi connectivity index (χ1n) is 9.24. The van der Waals surface area contributed by atoms with Crippen molar-refractivity contribution < 1.29 is 13.2 Å². The van der Waals surface area contributed by atoms with Crippen molar-refractivity contribution in [2.24, 2.45) is 0 Å². The second-order valence-electron chi connectivity index (χ2n) is 7.23. The molecule has 0 unspecified atom stereocenters. The van der Waals surface area contributed by atoms with Crippen molar-refractivity contribution >= 4 is 38.5 Å². The van der Waals surface area contributed by atoms with Gasteiger partial charge in [0.05, 0.1) is 0 Å². The highest BCUT2D eigenvalue weighted by molar-refractivity contribution is 7.90. The summed E-state index contributed by atoms with van der Waals surface area (Å²) in [6.45, 7) is 7.96. The highest BCUT2D eigenvalue weighted by Gasteiger charge is 2.18. The van der Waals surface area contributed by atoms with Gasteiger partial charge >= 0.3 is 0 Å². The zero-order valence-electron chi connectivity index (χ0n) is 17.7. The van der Waals surface area contributed by atoms with Crippen molar-refractivity contribution in [1.82, 2.24) is 13.9 Å². The molecule has 0 aliphatic rings. The van der Waals surface area contributed by atoms with Gasteiger partial charge in [0.15, 0.2) is 0 Å². The molecule has 0 saturated heterocycles. The summed E-state index contributed by atoms with van der Waals surface area (Å²) in [5.41, 5.74) is 5.78. The lowest BCUT2D eigenvalue weighted by Gasteiger charge is -2.13. The molecule has 0 saturated carbocycles. The number of nitrogens with zero attached hydrogens (tertiary/aromatic N) is 4. The summed E-state index contributed by atoms with van der Waals surface area (Å²) in [4.78, 5) is 16.3. The molecule has 0 aliphatic carbocycles. The van der Waals surface area contributed by atoms with Gasteiger partial charge in [-0.2, -0.15) is 14.6 Å². The van der Waals surface area contributed by atoms with Crippen molar-refractivity contribution in [3.05, 3.63) is 57.9 Å². The van der Waals surface area contributed by atoms with Crippen LogP contribution in [0.15, 0.2) is 35.0 Å². The van der Waals surface area contributed by atoms with Crippen molar-refractivity contribution in [1.29, 1.82) is 5.26 Å². The number of amides is 1. The minimum Gasteiger partial charge on any atom is -0.318 e. The number of nitrogens with one attached hydrogen (secondary N) is 1. The Bertz CT molecular complexity index is 1360. The molecule has 10 heteroatoms. The van der Waals surface area contributed by atoms with Gasteiger partial charge in [0.2, 0.25) is 15.0 Å². The van der Waals surface area contributed by atoms with Gasteiger partial charge in [0.25, 0.3) is 11.1 Å². The average molecular weight is 456 g/mol. The Hall–Kier alpha value is -3.29. The van der Waals surface area contributed by atoms with E-state index in [4.69, 9.17) is 0 Å². The Morgan fingerprint density at radius 3 is 2.52 bits per heavy atom. The van der Waals surface area contributed by atoms with Gasteiger partial charge < -0.3 is 4.57 Å². The maximum absolute atomic E-state index is 12.6. The molecule has 0 spiro atoms. The molecule has 3 aromatic rings. The van der Waals surface area contributed by atoms with Gasteiger partial charge in [0.1, 0.15) is 11.6 Å². The van der Waals surface area contributed by atoms with Crippen LogP contribution in [0.25, 0.3) is 11.8 Å². The first-order valence-corrected chi connectivity index (χ1v) is 11.9. The third kappa shape index (κ3) is 4.73. The Morgan fingerprint density at radius 2 is 1.94 bits per heavy atom. The number of anilines is 1. The summed E-state index contributed by atoms with van der Waals surface area (Å²) in [6.07, 6.45) is 2.49. The molecule has 31 heavy (non-hydrogen) atoms. The molecular formula is C21H21N5O3S2. The number of hydrogen-bond donors (Lipinski definition) is 1. The quantitative estimate of drug-likeness (QED) is 0.465. The zero-order valence-corrected chi connectivity index (χ0v) is 19.3. The van der Waals surface area contributed by atoms with Crippen LogP contribution < -0.4 is 5.32 Å². The molecule has 0 fully saturated rings. The van der Waals surface area contributed by atoms with E-state index in [-0.39, 0.29) is 15.9 Å². The first kappa shape index (κ1) is 22.4. The molecule has 2 aromatic heterocycles. The standard InChI is InChI=1S/C21H21N5O3S2/c1-12-6-7-18(13(2)8-12)26-14(3)9-16(15(26)4)10-17(11-22)19(27)23-20-24-21(25-30-20)31(5,28)29/h6-10H,1-5H3,(H,23,24,25,27)/b17-10-. The lowest BCUT2D eigenvalue weighted by molar-refractivity contribution is -0.112. The summed E-state index contributed by atoms with van der Waals surface area (Å²) in [5.74, 6) is -0.685. The van der Waals surface area contributed by atoms with E-state index in [1.54, 1.807) is 0 Å². The first-order chi connectivity index (χ1) is 14.5. The number of nitriles is 1. The number of sulfone groups is 1. The lowest BCUT2D eigenvalue weighted by Crippen LogP contribution is -2.13. The van der Waals surface area contributed by atoms with Crippen LogP contribution in [0.3, 0.4) is 0 Å². The van der Waals surface area contributed by atoms with Crippen LogP contribution in [-0.4, -0.2) is 34.5 Å². The van der Waals surface area contributed by atoms with Crippen LogP contribution in [0.5, 0.6) is 0 Å². The monoisotopic (exact) mass is 455 g/mol. The molecule has 160 valence electrons. The Morgan fingerprint density at radius 1 is 1.23 bits per heavy atom. The number of carbonyl (C=O) groups excluding carboxylic acids is 1. The number of rotatable bonds is 5. The topological polar surface area (TPSA) is 118 Å². The fraction of sp³-hybridized carbons (Fsp3) is 0.238. The number of carbonyl (C=O) groups is 1. The van der Waals surface area contributed by atoms with E-state index in [1.165, 1.54) is 11.6 Å². The Labute approximate surface area is 185 Å². The predicted molar refractivity (Wildman–Crippen MR) is 120 cm³/mol. The van der Waals surface area contributed by atoms with Gasteiger partial charge in [-0.05, 0) is 57.0 Å². The SMILES string of the molecule is Cc1ccc(-n2c(C)cc(/C=C(/C#N)C(=O)Nc3nc(S(C)(=O)=O)ns3)c2C)c(C)c1. The summed E-state index contributed by atoms with van der Waals surface area (Å²) < 4.78 is 28.8. The fourth-order valence-corrected chi connectivity index (χ4v) is 4.68. The highest BCUT2D eigenvalue weighted by Crippen LogP contribution is 2.26. The third-order valence-electron chi connectivity index (χ3n) is 4.69. The van der Waals surface area contributed by atoms with Crippen molar-refractivity contribution in [2.45, 2.75) is 32.9 Å². The normalized spacial score (nSPS) is 11.9. The number of hydrogen-bond acceptors (Lipinski definition) is 7. The predicted octanol–water partition coefficient (Wildman–Crippen LogP) is 3.51. The summed E-state index contributed by atoms with van der Waals surface area (Å²) in [7, 11) is -3.58. The highest BCUT2D eigenvalue weighted by atomic mass is 32.2. The maximum atomic E-state index is 12.6. The van der Waals surface area contributed by atoms with Crippen molar-refractivity contribution in [3.63, 3.8) is 0 Å². The van der Waals surface area contributed by atoms with Crippen LogP contribution >= 0.6 is 11.5 Å². The minimum absolute atomic E-state index is 0.00679. The summed E-state index contributed by atoms with van der Waals surface area (Å²) >= 11 is 0.736. The molecule has 1 N–H and O–H groups in total. The third-order valence-corrected chi connectivity index (χ3v) is 6.28. The fourth-order valence-electron chi connectivity index (χ4n) is 3.24.